The number of ether oxygens (including phenoxy) is 1. The predicted octanol–water partition coefficient (Wildman–Crippen LogP) is 0.741. The summed E-state index contributed by atoms with van der Waals surface area (Å²) in [5, 5.41) is 22.2. The van der Waals surface area contributed by atoms with Crippen molar-refractivity contribution < 1.29 is 19.7 Å². The molecule has 7 heteroatoms. The third-order valence-electron chi connectivity index (χ3n) is 3.16. The van der Waals surface area contributed by atoms with Gasteiger partial charge in [0, 0.05) is 26.0 Å². The Hall–Kier alpha value is -2.38. The van der Waals surface area contributed by atoms with Crippen molar-refractivity contribution in [1.82, 2.24) is 14.9 Å². The summed E-state index contributed by atoms with van der Waals surface area (Å²) in [7, 11) is 1.71. The Morgan fingerprint density at radius 1 is 1.36 bits per heavy atom. The van der Waals surface area contributed by atoms with Crippen molar-refractivity contribution in [2.24, 2.45) is 7.05 Å². The van der Waals surface area contributed by atoms with Crippen molar-refractivity contribution in [3.63, 3.8) is 0 Å². The number of rotatable bonds is 6. The molecule has 0 aliphatic rings. The summed E-state index contributed by atoms with van der Waals surface area (Å²) in [5.74, 6) is 0.326. The number of nitrogens with zero attached hydrogens (tertiary/aromatic N) is 2. The van der Waals surface area contributed by atoms with Gasteiger partial charge in [-0.2, -0.15) is 0 Å². The first-order valence-electron chi connectivity index (χ1n) is 6.86. The zero-order chi connectivity index (χ0) is 15.9. The molecule has 0 saturated heterocycles. The number of amides is 1. The Morgan fingerprint density at radius 3 is 2.73 bits per heavy atom. The number of carbonyl (C=O) groups excluding carboxylic acids is 1. The van der Waals surface area contributed by atoms with E-state index in [9.17, 15) is 15.0 Å². The number of alkyl carbamates (subject to hydrolysis) is 1. The zero-order valence-corrected chi connectivity index (χ0v) is 12.2. The van der Waals surface area contributed by atoms with E-state index in [0.29, 0.717) is 5.82 Å². The second-order valence-corrected chi connectivity index (χ2v) is 4.85. The van der Waals surface area contributed by atoms with Crippen LogP contribution in [0.1, 0.15) is 17.5 Å². The smallest absolute Gasteiger partial charge is 0.407 e. The maximum Gasteiger partial charge on any atom is 0.407 e. The number of imidazole rings is 1. The number of benzene rings is 1. The normalized spacial score (nSPS) is 13.4. The second kappa shape index (κ2) is 7.58. The molecular weight excluding hydrogens is 286 g/mol. The predicted molar refractivity (Wildman–Crippen MR) is 78.8 cm³/mol. The average Bonchev–Trinajstić information content (AvgIpc) is 2.96. The third kappa shape index (κ3) is 4.31. The monoisotopic (exact) mass is 305 g/mol. The number of nitrogens with one attached hydrogen (secondary N) is 1. The first kappa shape index (κ1) is 16.0. The molecule has 2 atom stereocenters. The van der Waals surface area contributed by atoms with Gasteiger partial charge in [-0.15, -0.1) is 0 Å². The molecule has 0 aliphatic heterocycles. The largest absolute Gasteiger partial charge is 0.445 e. The van der Waals surface area contributed by atoms with Crippen LogP contribution in [0.2, 0.25) is 0 Å². The van der Waals surface area contributed by atoms with Crippen molar-refractivity contribution in [3.8, 4) is 0 Å². The van der Waals surface area contributed by atoms with Gasteiger partial charge in [0.1, 0.15) is 24.6 Å². The second-order valence-electron chi connectivity index (χ2n) is 4.85. The van der Waals surface area contributed by atoms with Crippen LogP contribution in [0.5, 0.6) is 0 Å². The lowest BCUT2D eigenvalue weighted by atomic mass is 10.2. The van der Waals surface area contributed by atoms with E-state index in [1.807, 2.05) is 30.3 Å². The molecule has 1 heterocycles. The Kier molecular flexibility index (Phi) is 5.51. The van der Waals surface area contributed by atoms with Crippen LogP contribution in [-0.4, -0.2) is 38.5 Å². The van der Waals surface area contributed by atoms with Crippen LogP contribution in [0.25, 0.3) is 0 Å². The number of aliphatic hydroxyl groups excluding tert-OH is 2. The van der Waals surface area contributed by atoms with Gasteiger partial charge in [0.05, 0.1) is 0 Å². The van der Waals surface area contributed by atoms with Crippen molar-refractivity contribution >= 4 is 6.09 Å². The molecule has 3 N–H and O–H groups in total. The van der Waals surface area contributed by atoms with Gasteiger partial charge >= 0.3 is 6.09 Å². The molecule has 0 bridgehead atoms. The van der Waals surface area contributed by atoms with Crippen LogP contribution in [0.15, 0.2) is 42.7 Å². The molecule has 7 nitrogen and oxygen atoms in total. The summed E-state index contributed by atoms with van der Waals surface area (Å²) < 4.78 is 6.61. The molecular formula is C15H19N3O4. The number of hydrogen-bond donors (Lipinski definition) is 3. The van der Waals surface area contributed by atoms with Gasteiger partial charge in [-0.1, -0.05) is 30.3 Å². The molecule has 0 radical (unpaired) electrons. The third-order valence-corrected chi connectivity index (χ3v) is 3.16. The highest BCUT2D eigenvalue weighted by Gasteiger charge is 2.22. The van der Waals surface area contributed by atoms with E-state index in [0.717, 1.165) is 5.56 Å². The Labute approximate surface area is 128 Å². The summed E-state index contributed by atoms with van der Waals surface area (Å²) in [5.41, 5.74) is 0.867. The fourth-order valence-electron chi connectivity index (χ4n) is 1.91. The minimum Gasteiger partial charge on any atom is -0.445 e. The highest BCUT2D eigenvalue weighted by molar-refractivity contribution is 5.67. The molecule has 22 heavy (non-hydrogen) atoms. The zero-order valence-electron chi connectivity index (χ0n) is 12.2. The molecule has 2 aromatic rings. The van der Waals surface area contributed by atoms with Gasteiger partial charge in [0.2, 0.25) is 0 Å². The molecule has 0 aliphatic carbocycles. The lowest BCUT2D eigenvalue weighted by molar-refractivity contribution is 0.0117. The van der Waals surface area contributed by atoms with Crippen LogP contribution in [-0.2, 0) is 18.4 Å². The van der Waals surface area contributed by atoms with Gasteiger partial charge in [0.15, 0.2) is 0 Å². The molecule has 2 rings (SSSR count). The van der Waals surface area contributed by atoms with Gasteiger partial charge in [-0.3, -0.25) is 0 Å². The van der Waals surface area contributed by atoms with Gasteiger partial charge < -0.3 is 24.8 Å². The highest BCUT2D eigenvalue weighted by Crippen LogP contribution is 2.13. The lowest BCUT2D eigenvalue weighted by Crippen LogP contribution is -2.36. The van der Waals surface area contributed by atoms with Crippen molar-refractivity contribution in [1.29, 1.82) is 0 Å². The lowest BCUT2D eigenvalue weighted by Gasteiger charge is -2.18. The van der Waals surface area contributed by atoms with Gasteiger partial charge in [0.25, 0.3) is 0 Å². The minimum absolute atomic E-state index is 0.137. The molecule has 1 aromatic heterocycles. The number of carbonyl (C=O) groups is 1. The molecule has 0 spiro atoms. The van der Waals surface area contributed by atoms with Gasteiger partial charge in [-0.25, -0.2) is 9.78 Å². The van der Waals surface area contributed by atoms with Crippen LogP contribution < -0.4 is 5.32 Å². The number of hydrogen-bond acceptors (Lipinski definition) is 5. The Morgan fingerprint density at radius 2 is 2.09 bits per heavy atom. The number of aromatic nitrogens is 2. The fourth-order valence-corrected chi connectivity index (χ4v) is 1.91. The SMILES string of the molecule is Cn1ccnc1C(O)C(O)CNC(=O)OCc1ccccc1. The highest BCUT2D eigenvalue weighted by atomic mass is 16.5. The standard InChI is InChI=1S/C15H19N3O4/c1-18-8-7-16-14(18)13(20)12(19)9-17-15(21)22-10-11-5-3-2-4-6-11/h2-8,12-13,19-20H,9-10H2,1H3,(H,17,21). The summed E-state index contributed by atoms with van der Waals surface area (Å²) in [6, 6.07) is 9.26. The van der Waals surface area contributed by atoms with E-state index >= 15 is 0 Å². The van der Waals surface area contributed by atoms with E-state index < -0.39 is 18.3 Å². The topological polar surface area (TPSA) is 96.6 Å². The van der Waals surface area contributed by atoms with Gasteiger partial charge in [-0.05, 0) is 5.56 Å². The quantitative estimate of drug-likeness (QED) is 0.731. The molecule has 118 valence electrons. The molecule has 2 unspecified atom stereocenters. The van der Waals surface area contributed by atoms with Crippen LogP contribution in [0.3, 0.4) is 0 Å². The molecule has 1 amide bonds. The van der Waals surface area contributed by atoms with Crippen molar-refractivity contribution in [2.75, 3.05) is 6.54 Å². The molecule has 0 fully saturated rings. The maximum atomic E-state index is 11.5. The van der Waals surface area contributed by atoms with E-state index in [2.05, 4.69) is 10.3 Å². The summed E-state index contributed by atoms with van der Waals surface area (Å²) in [6.45, 7) is 0.00629. The Balaban J connectivity index is 1.75. The van der Waals surface area contributed by atoms with Crippen molar-refractivity contribution in [3.05, 3.63) is 54.1 Å². The Bertz CT molecular complexity index is 600. The molecule has 0 saturated carbocycles. The van der Waals surface area contributed by atoms with E-state index in [1.54, 1.807) is 17.8 Å². The van der Waals surface area contributed by atoms with E-state index in [1.165, 1.54) is 6.20 Å². The number of aliphatic hydroxyl groups is 2. The van der Waals surface area contributed by atoms with Crippen LogP contribution in [0, 0.1) is 0 Å². The van der Waals surface area contributed by atoms with E-state index in [-0.39, 0.29) is 13.2 Å². The average molecular weight is 305 g/mol. The fraction of sp³-hybridized carbons (Fsp3) is 0.333. The van der Waals surface area contributed by atoms with E-state index in [4.69, 9.17) is 4.74 Å². The van der Waals surface area contributed by atoms with Crippen LogP contribution >= 0.6 is 0 Å². The summed E-state index contributed by atoms with van der Waals surface area (Å²) in [4.78, 5) is 15.5. The molecule has 1 aromatic carbocycles. The number of aryl methyl sites for hydroxylation is 1. The maximum absolute atomic E-state index is 11.5. The van der Waals surface area contributed by atoms with Crippen LogP contribution in [0.4, 0.5) is 4.79 Å². The first-order valence-corrected chi connectivity index (χ1v) is 6.86. The summed E-state index contributed by atoms with van der Waals surface area (Å²) in [6.07, 6.45) is 0.161. The van der Waals surface area contributed by atoms with Crippen molar-refractivity contribution in [2.45, 2.75) is 18.8 Å². The minimum atomic E-state index is -1.19. The first-order chi connectivity index (χ1) is 10.6. The summed E-state index contributed by atoms with van der Waals surface area (Å²) >= 11 is 0.